The van der Waals surface area contributed by atoms with Gasteiger partial charge in [0, 0.05) is 0 Å². The van der Waals surface area contributed by atoms with E-state index in [0.717, 1.165) is 6.92 Å². The number of ether oxygens (including phenoxy) is 1. The van der Waals surface area contributed by atoms with Crippen LogP contribution in [0.15, 0.2) is 0 Å². The molecule has 0 atom stereocenters. The molecule has 0 spiro atoms. The number of rotatable bonds is 2. The van der Waals surface area contributed by atoms with Crippen molar-refractivity contribution in [3.05, 3.63) is 0 Å². The number of aliphatic hydroxyl groups is 2. The van der Waals surface area contributed by atoms with Crippen molar-refractivity contribution in [1.82, 2.24) is 0 Å². The van der Waals surface area contributed by atoms with Gasteiger partial charge in [0.15, 0.2) is 0 Å². The summed E-state index contributed by atoms with van der Waals surface area (Å²) in [5.74, 6) is -2.65. The third kappa shape index (κ3) is 3.05. The van der Waals surface area contributed by atoms with Gasteiger partial charge in [-0.3, -0.25) is 5.41 Å². The van der Waals surface area contributed by atoms with Gasteiger partial charge in [-0.1, -0.05) is 0 Å². The molecule has 0 amide bonds. The summed E-state index contributed by atoms with van der Waals surface area (Å²) in [6, 6.07) is 0. The van der Waals surface area contributed by atoms with Gasteiger partial charge >= 0.3 is 0 Å². The molecular formula is C5H11NO3. The van der Waals surface area contributed by atoms with Crippen LogP contribution in [0.1, 0.15) is 13.8 Å². The quantitative estimate of drug-likeness (QED) is 0.275. The summed E-state index contributed by atoms with van der Waals surface area (Å²) in [5.41, 5.74) is 0. The van der Waals surface area contributed by atoms with Gasteiger partial charge in [0.25, 0.3) is 0 Å². The van der Waals surface area contributed by atoms with E-state index >= 15 is 0 Å². The van der Waals surface area contributed by atoms with E-state index in [4.69, 9.17) is 15.6 Å². The molecule has 0 aliphatic carbocycles. The summed E-state index contributed by atoms with van der Waals surface area (Å²) in [6.07, 6.45) is 0. The molecule has 0 heterocycles. The standard InChI is InChI=1S/C5H11NO3/c1-3-9-4(6)5(2,7)8/h6-8H,3H2,1-2H3. The molecular weight excluding hydrogens is 122 g/mol. The molecule has 0 rings (SSSR count). The maximum atomic E-state index is 8.62. The van der Waals surface area contributed by atoms with Crippen LogP contribution < -0.4 is 0 Å². The zero-order valence-corrected chi connectivity index (χ0v) is 5.51. The molecule has 0 aromatic carbocycles. The Labute approximate surface area is 53.6 Å². The molecule has 0 saturated heterocycles. The van der Waals surface area contributed by atoms with Crippen LogP contribution in [0.3, 0.4) is 0 Å². The normalized spacial score (nSPS) is 11.1. The van der Waals surface area contributed by atoms with Gasteiger partial charge in [-0.05, 0) is 13.8 Å². The Kier molecular flexibility index (Phi) is 2.61. The van der Waals surface area contributed by atoms with Crippen LogP contribution in [0.25, 0.3) is 0 Å². The third-order valence-corrected chi connectivity index (χ3v) is 0.719. The van der Waals surface area contributed by atoms with Crippen LogP contribution in [0.4, 0.5) is 0 Å². The molecule has 0 saturated carbocycles. The van der Waals surface area contributed by atoms with E-state index in [-0.39, 0.29) is 6.61 Å². The zero-order chi connectivity index (χ0) is 7.49. The Morgan fingerprint density at radius 3 is 2.22 bits per heavy atom. The van der Waals surface area contributed by atoms with Crippen LogP contribution in [0.5, 0.6) is 0 Å². The Morgan fingerprint density at radius 2 is 2.11 bits per heavy atom. The largest absolute Gasteiger partial charge is 0.478 e. The summed E-state index contributed by atoms with van der Waals surface area (Å²) in [5, 5.41) is 24.1. The molecule has 0 unspecified atom stereocenters. The van der Waals surface area contributed by atoms with E-state index in [1.54, 1.807) is 6.92 Å². The van der Waals surface area contributed by atoms with Crippen molar-refractivity contribution < 1.29 is 14.9 Å². The molecule has 0 bridgehead atoms. The van der Waals surface area contributed by atoms with Crippen molar-refractivity contribution >= 4 is 5.90 Å². The van der Waals surface area contributed by atoms with E-state index < -0.39 is 11.7 Å². The van der Waals surface area contributed by atoms with Crippen LogP contribution >= 0.6 is 0 Å². The first-order valence-corrected chi connectivity index (χ1v) is 2.65. The summed E-state index contributed by atoms with van der Waals surface area (Å²) >= 11 is 0. The zero-order valence-electron chi connectivity index (χ0n) is 5.51. The van der Waals surface area contributed by atoms with Gasteiger partial charge in [0.1, 0.15) is 0 Å². The van der Waals surface area contributed by atoms with Crippen molar-refractivity contribution in [2.75, 3.05) is 6.61 Å². The molecule has 4 nitrogen and oxygen atoms in total. The average Bonchev–Trinajstić information content (AvgIpc) is 1.64. The Morgan fingerprint density at radius 1 is 1.67 bits per heavy atom. The number of nitrogens with one attached hydrogen (secondary N) is 1. The lowest BCUT2D eigenvalue weighted by atomic mass is 10.3. The summed E-state index contributed by atoms with van der Waals surface area (Å²) in [7, 11) is 0. The molecule has 0 aliphatic rings. The lowest BCUT2D eigenvalue weighted by molar-refractivity contribution is -0.0987. The van der Waals surface area contributed by atoms with E-state index in [9.17, 15) is 0 Å². The van der Waals surface area contributed by atoms with Crippen molar-refractivity contribution in [1.29, 1.82) is 5.41 Å². The lowest BCUT2D eigenvalue weighted by Gasteiger charge is -2.15. The Bertz CT molecular complexity index is 105. The van der Waals surface area contributed by atoms with Crippen LogP contribution in [-0.4, -0.2) is 28.5 Å². The Hall–Kier alpha value is -0.610. The highest BCUT2D eigenvalue weighted by Gasteiger charge is 2.23. The van der Waals surface area contributed by atoms with Crippen molar-refractivity contribution in [3.8, 4) is 0 Å². The lowest BCUT2D eigenvalue weighted by Crippen LogP contribution is -2.35. The molecule has 9 heavy (non-hydrogen) atoms. The fourth-order valence-corrected chi connectivity index (χ4v) is 0.281. The second-order valence-electron chi connectivity index (χ2n) is 1.78. The van der Waals surface area contributed by atoms with E-state index in [0.29, 0.717) is 0 Å². The fraction of sp³-hybridized carbons (Fsp3) is 0.800. The van der Waals surface area contributed by atoms with Crippen LogP contribution in [0.2, 0.25) is 0 Å². The van der Waals surface area contributed by atoms with Gasteiger partial charge in [-0.25, -0.2) is 0 Å². The fourth-order valence-electron chi connectivity index (χ4n) is 0.281. The molecule has 54 valence electrons. The minimum atomic E-state index is -2.13. The first-order valence-electron chi connectivity index (χ1n) is 2.65. The molecule has 0 aromatic heterocycles. The highest BCUT2D eigenvalue weighted by Crippen LogP contribution is 1.99. The Balaban J connectivity index is 3.74. The molecule has 3 N–H and O–H groups in total. The molecule has 0 radical (unpaired) electrons. The highest BCUT2D eigenvalue weighted by molar-refractivity contribution is 5.79. The van der Waals surface area contributed by atoms with Crippen LogP contribution in [-0.2, 0) is 4.74 Å². The summed E-state index contributed by atoms with van der Waals surface area (Å²) in [6.45, 7) is 3.01. The molecule has 0 fully saturated rings. The maximum Gasteiger partial charge on any atom is 0.242 e. The van der Waals surface area contributed by atoms with E-state index in [2.05, 4.69) is 4.74 Å². The van der Waals surface area contributed by atoms with Crippen molar-refractivity contribution in [2.24, 2.45) is 0 Å². The predicted octanol–water partition coefficient (Wildman–Crippen LogP) is -0.299. The first kappa shape index (κ1) is 8.39. The van der Waals surface area contributed by atoms with Gasteiger partial charge in [-0.15, -0.1) is 0 Å². The summed E-state index contributed by atoms with van der Waals surface area (Å²) in [4.78, 5) is 0. The minimum Gasteiger partial charge on any atom is -0.478 e. The topological polar surface area (TPSA) is 73.5 Å². The smallest absolute Gasteiger partial charge is 0.242 e. The average molecular weight is 133 g/mol. The summed E-state index contributed by atoms with van der Waals surface area (Å²) < 4.78 is 4.49. The maximum absolute atomic E-state index is 8.62. The second-order valence-corrected chi connectivity index (χ2v) is 1.78. The van der Waals surface area contributed by atoms with Gasteiger partial charge < -0.3 is 14.9 Å². The third-order valence-electron chi connectivity index (χ3n) is 0.719. The predicted molar refractivity (Wildman–Crippen MR) is 32.2 cm³/mol. The van der Waals surface area contributed by atoms with Crippen molar-refractivity contribution in [3.63, 3.8) is 0 Å². The molecule has 4 heteroatoms. The van der Waals surface area contributed by atoms with Gasteiger partial charge in [0.2, 0.25) is 11.7 Å². The first-order chi connectivity index (χ1) is 3.98. The van der Waals surface area contributed by atoms with E-state index in [1.807, 2.05) is 0 Å². The SMILES string of the molecule is CCOC(=N)C(C)(O)O. The minimum absolute atomic E-state index is 0.273. The van der Waals surface area contributed by atoms with Gasteiger partial charge in [0.05, 0.1) is 6.61 Å². The van der Waals surface area contributed by atoms with E-state index in [1.165, 1.54) is 0 Å². The molecule has 0 aliphatic heterocycles. The highest BCUT2D eigenvalue weighted by atomic mass is 16.6. The number of hydrogen-bond donors (Lipinski definition) is 3. The van der Waals surface area contributed by atoms with Crippen molar-refractivity contribution in [2.45, 2.75) is 19.6 Å². The molecule has 0 aromatic rings. The number of hydrogen-bond acceptors (Lipinski definition) is 4. The van der Waals surface area contributed by atoms with Gasteiger partial charge in [-0.2, -0.15) is 0 Å². The monoisotopic (exact) mass is 133 g/mol. The second kappa shape index (κ2) is 2.80. The van der Waals surface area contributed by atoms with Crippen LogP contribution in [0, 0.1) is 5.41 Å².